The van der Waals surface area contributed by atoms with E-state index >= 15 is 0 Å². The number of aryl methyl sites for hydroxylation is 1. The molecule has 0 spiro atoms. The summed E-state index contributed by atoms with van der Waals surface area (Å²) in [5.41, 5.74) is 1.86. The number of benzene rings is 1. The Kier molecular flexibility index (Phi) is 5.44. The van der Waals surface area contributed by atoms with Crippen LogP contribution < -0.4 is 5.32 Å². The number of carbonyl (C=O) groups excluding carboxylic acids is 1. The van der Waals surface area contributed by atoms with E-state index in [4.69, 9.17) is 0 Å². The predicted octanol–water partition coefficient (Wildman–Crippen LogP) is 3.65. The molecule has 0 bridgehead atoms. The molecule has 0 unspecified atom stereocenters. The molecule has 1 N–H and O–H groups in total. The molecule has 0 aliphatic heterocycles. The van der Waals surface area contributed by atoms with Crippen LogP contribution in [0, 0.1) is 5.82 Å². The number of nitrogens with zero attached hydrogens (tertiary/aromatic N) is 1. The van der Waals surface area contributed by atoms with Crippen LogP contribution in [0.4, 0.5) is 4.39 Å². The van der Waals surface area contributed by atoms with Crippen molar-refractivity contribution in [2.75, 3.05) is 0 Å². The van der Waals surface area contributed by atoms with Crippen molar-refractivity contribution in [2.24, 2.45) is 0 Å². The second kappa shape index (κ2) is 7.31. The second-order valence-electron chi connectivity index (χ2n) is 5.23. The Labute approximate surface area is 128 Å². The Hall–Kier alpha value is -1.75. The largest absolute Gasteiger partial charge is 0.350 e. The average molecular weight is 306 g/mol. The quantitative estimate of drug-likeness (QED) is 0.885. The van der Waals surface area contributed by atoms with Gasteiger partial charge < -0.3 is 5.32 Å². The van der Waals surface area contributed by atoms with Crippen LogP contribution in [0.2, 0.25) is 0 Å². The van der Waals surface area contributed by atoms with Crippen LogP contribution in [0.15, 0.2) is 29.6 Å². The molecule has 0 saturated heterocycles. The van der Waals surface area contributed by atoms with Gasteiger partial charge in [-0.15, -0.1) is 11.3 Å². The van der Waals surface area contributed by atoms with Crippen molar-refractivity contribution < 1.29 is 9.18 Å². The van der Waals surface area contributed by atoms with Gasteiger partial charge in [-0.25, -0.2) is 9.37 Å². The molecule has 5 heteroatoms. The Morgan fingerprint density at radius 1 is 1.33 bits per heavy atom. The van der Waals surface area contributed by atoms with Gasteiger partial charge in [-0.1, -0.05) is 26.0 Å². The van der Waals surface area contributed by atoms with Crippen LogP contribution in [0.25, 0.3) is 0 Å². The van der Waals surface area contributed by atoms with Gasteiger partial charge in [0.05, 0.1) is 17.2 Å². The average Bonchev–Trinajstić information content (AvgIpc) is 2.93. The third-order valence-electron chi connectivity index (χ3n) is 3.08. The Morgan fingerprint density at radius 3 is 2.67 bits per heavy atom. The van der Waals surface area contributed by atoms with Crippen molar-refractivity contribution in [3.8, 4) is 0 Å². The van der Waals surface area contributed by atoms with Crippen molar-refractivity contribution in [1.82, 2.24) is 10.3 Å². The maximum atomic E-state index is 12.8. The minimum absolute atomic E-state index is 0.0154. The number of hydrogen-bond acceptors (Lipinski definition) is 3. The van der Waals surface area contributed by atoms with E-state index in [9.17, 15) is 9.18 Å². The number of halogens is 1. The summed E-state index contributed by atoms with van der Waals surface area (Å²) in [5.74, 6) is 0.143. The molecule has 0 aliphatic carbocycles. The first kappa shape index (κ1) is 15.6. The van der Waals surface area contributed by atoms with Crippen molar-refractivity contribution in [3.05, 3.63) is 51.7 Å². The van der Waals surface area contributed by atoms with Gasteiger partial charge in [0.1, 0.15) is 5.82 Å². The summed E-state index contributed by atoms with van der Waals surface area (Å²) in [6.07, 6.45) is 1.01. The van der Waals surface area contributed by atoms with Crippen LogP contribution in [-0.2, 0) is 17.8 Å². The summed E-state index contributed by atoms with van der Waals surface area (Å²) in [6.45, 7) is 4.67. The monoisotopic (exact) mass is 306 g/mol. The fourth-order valence-electron chi connectivity index (χ4n) is 1.86. The zero-order valence-corrected chi connectivity index (χ0v) is 13.0. The number of rotatable bonds is 6. The maximum Gasteiger partial charge on any atom is 0.220 e. The van der Waals surface area contributed by atoms with Gasteiger partial charge in [0, 0.05) is 17.7 Å². The Balaban J connectivity index is 1.75. The van der Waals surface area contributed by atoms with E-state index in [1.807, 2.05) is 5.38 Å². The van der Waals surface area contributed by atoms with Gasteiger partial charge in [0.2, 0.25) is 5.91 Å². The van der Waals surface area contributed by atoms with Crippen LogP contribution >= 0.6 is 11.3 Å². The van der Waals surface area contributed by atoms with Crippen molar-refractivity contribution in [2.45, 2.75) is 39.2 Å². The van der Waals surface area contributed by atoms with Crippen molar-refractivity contribution in [1.29, 1.82) is 0 Å². The number of thiazole rings is 1. The lowest BCUT2D eigenvalue weighted by atomic mass is 10.1. The van der Waals surface area contributed by atoms with E-state index in [0.29, 0.717) is 25.3 Å². The summed E-state index contributed by atoms with van der Waals surface area (Å²) < 4.78 is 12.8. The van der Waals surface area contributed by atoms with Gasteiger partial charge in [-0.2, -0.15) is 0 Å². The second-order valence-corrected chi connectivity index (χ2v) is 6.12. The molecule has 1 aromatic heterocycles. The summed E-state index contributed by atoms with van der Waals surface area (Å²) in [6, 6.07) is 6.24. The van der Waals surface area contributed by atoms with E-state index in [0.717, 1.165) is 16.3 Å². The standard InChI is InChI=1S/C16H19FN2OS/c1-11(2)16-19-14(10-21-16)9-18-15(20)8-5-12-3-6-13(17)7-4-12/h3-4,6-7,10-11H,5,8-9H2,1-2H3,(H,18,20). The zero-order chi connectivity index (χ0) is 15.2. The van der Waals surface area contributed by atoms with E-state index in [-0.39, 0.29) is 11.7 Å². The normalized spacial score (nSPS) is 10.9. The molecule has 0 radical (unpaired) electrons. The molecule has 1 heterocycles. The van der Waals surface area contributed by atoms with Crippen LogP contribution in [0.1, 0.15) is 42.5 Å². The number of carbonyl (C=O) groups is 1. The minimum atomic E-state index is -0.257. The molecule has 112 valence electrons. The van der Waals surface area contributed by atoms with Gasteiger partial charge in [-0.3, -0.25) is 4.79 Å². The molecule has 2 rings (SSSR count). The fraction of sp³-hybridized carbons (Fsp3) is 0.375. The van der Waals surface area contributed by atoms with Gasteiger partial charge in [0.25, 0.3) is 0 Å². The smallest absolute Gasteiger partial charge is 0.220 e. The maximum absolute atomic E-state index is 12.8. The first-order valence-corrected chi connectivity index (χ1v) is 7.88. The lowest BCUT2D eigenvalue weighted by Crippen LogP contribution is -2.23. The van der Waals surface area contributed by atoms with E-state index in [1.54, 1.807) is 23.5 Å². The van der Waals surface area contributed by atoms with E-state index < -0.39 is 0 Å². The molecule has 2 aromatic rings. The molecule has 0 fully saturated rings. The van der Waals surface area contributed by atoms with Crippen LogP contribution in [-0.4, -0.2) is 10.9 Å². The van der Waals surface area contributed by atoms with E-state index in [1.165, 1.54) is 12.1 Å². The highest BCUT2D eigenvalue weighted by molar-refractivity contribution is 7.09. The summed E-state index contributed by atoms with van der Waals surface area (Å²) in [7, 11) is 0. The molecule has 3 nitrogen and oxygen atoms in total. The van der Waals surface area contributed by atoms with Gasteiger partial charge >= 0.3 is 0 Å². The number of nitrogens with one attached hydrogen (secondary N) is 1. The summed E-state index contributed by atoms with van der Waals surface area (Å²) >= 11 is 1.62. The predicted molar refractivity (Wildman–Crippen MR) is 82.8 cm³/mol. The van der Waals surface area contributed by atoms with Gasteiger partial charge in [0.15, 0.2) is 0 Å². The minimum Gasteiger partial charge on any atom is -0.350 e. The molecule has 0 saturated carbocycles. The SMILES string of the molecule is CC(C)c1nc(CNC(=O)CCc2ccc(F)cc2)cs1. The molecule has 0 atom stereocenters. The molecule has 21 heavy (non-hydrogen) atoms. The highest BCUT2D eigenvalue weighted by Crippen LogP contribution is 2.18. The molecular weight excluding hydrogens is 287 g/mol. The first-order chi connectivity index (χ1) is 10.0. The molecule has 1 amide bonds. The lowest BCUT2D eigenvalue weighted by molar-refractivity contribution is -0.121. The number of hydrogen-bond donors (Lipinski definition) is 1. The fourth-order valence-corrected chi connectivity index (χ4v) is 2.69. The highest BCUT2D eigenvalue weighted by Gasteiger charge is 2.07. The topological polar surface area (TPSA) is 42.0 Å². The molecular formula is C16H19FN2OS. The van der Waals surface area contributed by atoms with Gasteiger partial charge in [-0.05, 0) is 24.1 Å². The van der Waals surface area contributed by atoms with Crippen molar-refractivity contribution >= 4 is 17.2 Å². The molecule has 1 aromatic carbocycles. The van der Waals surface area contributed by atoms with Crippen LogP contribution in [0.3, 0.4) is 0 Å². The van der Waals surface area contributed by atoms with Crippen molar-refractivity contribution in [3.63, 3.8) is 0 Å². The zero-order valence-electron chi connectivity index (χ0n) is 12.2. The van der Waals surface area contributed by atoms with E-state index in [2.05, 4.69) is 24.1 Å². The Morgan fingerprint density at radius 2 is 2.05 bits per heavy atom. The summed E-state index contributed by atoms with van der Waals surface area (Å²) in [4.78, 5) is 16.3. The Bertz CT molecular complexity index is 593. The lowest BCUT2D eigenvalue weighted by Gasteiger charge is -2.04. The highest BCUT2D eigenvalue weighted by atomic mass is 32.1. The first-order valence-electron chi connectivity index (χ1n) is 7.00. The third kappa shape index (κ3) is 4.93. The summed E-state index contributed by atoms with van der Waals surface area (Å²) in [5, 5.41) is 5.93. The van der Waals surface area contributed by atoms with Crippen LogP contribution in [0.5, 0.6) is 0 Å². The third-order valence-corrected chi connectivity index (χ3v) is 4.28. The molecule has 0 aliphatic rings. The number of amides is 1. The number of aromatic nitrogens is 1.